The van der Waals surface area contributed by atoms with Crippen molar-refractivity contribution in [1.82, 2.24) is 0 Å². The van der Waals surface area contributed by atoms with Crippen molar-refractivity contribution in [3.63, 3.8) is 0 Å². The smallest absolute Gasteiger partial charge is 0.0540 e. The Hall–Kier alpha value is -14.8. The third-order valence-corrected chi connectivity index (χ3v) is 25.8. The van der Waals surface area contributed by atoms with Crippen LogP contribution in [0.2, 0.25) is 0 Å². The number of para-hydroxylation sites is 2. The first-order valence-corrected chi connectivity index (χ1v) is 43.7. The third kappa shape index (κ3) is 15.3. The van der Waals surface area contributed by atoms with Crippen LogP contribution in [-0.2, 0) is 23.7 Å². The quantitative estimate of drug-likeness (QED) is 0.0501. The zero-order chi connectivity index (χ0) is 84.1. The second-order valence-corrected chi connectivity index (χ2v) is 33.5. The van der Waals surface area contributed by atoms with Crippen molar-refractivity contribution in [3.8, 4) is 22.3 Å². The fourth-order valence-electron chi connectivity index (χ4n) is 19.7. The Bertz CT molecular complexity index is 6570. The molecule has 0 aromatic heterocycles. The minimum absolute atomic E-state index is 0.245. The summed E-state index contributed by atoms with van der Waals surface area (Å²) in [6.45, 7) is 20.9. The fourth-order valence-corrected chi connectivity index (χ4v) is 19.7. The summed E-state index contributed by atoms with van der Waals surface area (Å²) in [6, 6.07) is 147. The maximum atomic E-state index is 4.07. The molecule has 18 aromatic rings. The van der Waals surface area contributed by atoms with E-state index >= 15 is 0 Å². The summed E-state index contributed by atoms with van der Waals surface area (Å²) in [6.07, 6.45) is 16.2. The molecular formula is C120H100N4. The van der Waals surface area contributed by atoms with Gasteiger partial charge in [0.2, 0.25) is 0 Å². The molecule has 0 radical (unpaired) electrons. The van der Waals surface area contributed by atoms with Crippen LogP contribution in [0.15, 0.2) is 427 Å². The van der Waals surface area contributed by atoms with Crippen molar-refractivity contribution in [1.29, 1.82) is 0 Å². The van der Waals surface area contributed by atoms with E-state index in [0.717, 1.165) is 108 Å². The van der Waals surface area contributed by atoms with Gasteiger partial charge in [-0.3, -0.25) is 0 Å². The summed E-state index contributed by atoms with van der Waals surface area (Å²) in [4.78, 5) is 9.77. The number of rotatable bonds is 26. The molecule has 0 bridgehead atoms. The molecule has 0 atom stereocenters. The fraction of sp³-hybridized carbons (Fsp3) is 0.100. The highest BCUT2D eigenvalue weighted by molar-refractivity contribution is 6.04. The average molecular weight is 1600 g/mol. The maximum Gasteiger partial charge on any atom is 0.0540 e. The SMILES string of the molecule is C=Cc1ccc(N(c2ccc3c(c2)C(C)(C)c2cc(N(c4ccc(C=C)cc4)c4cccc5ccccc45)ccc2-3)c2cccc3ccccc23)cc1.C=Cc1cccc(CCCCC2(CCCCc3cccc(C=C)c3)c3cc(N(c4ccccc4)c4cccc5ccccc45)ccc3-c3ccc(N(c4ccccc4)c4cccc5ccccc45)cc32)c1. The van der Waals surface area contributed by atoms with E-state index in [1.807, 2.05) is 24.3 Å². The zero-order valence-corrected chi connectivity index (χ0v) is 70.7. The summed E-state index contributed by atoms with van der Waals surface area (Å²) in [5.74, 6) is 0. The number of hydrogen-bond donors (Lipinski definition) is 0. The molecule has 0 fully saturated rings. The minimum atomic E-state index is -0.259. The van der Waals surface area contributed by atoms with E-state index in [2.05, 4.69) is 460 Å². The normalized spacial score (nSPS) is 12.5. The van der Waals surface area contributed by atoms with Gasteiger partial charge in [0.15, 0.2) is 0 Å². The molecule has 20 rings (SSSR count). The van der Waals surface area contributed by atoms with E-state index in [1.54, 1.807) is 0 Å². The van der Waals surface area contributed by atoms with E-state index in [1.165, 1.54) is 133 Å². The highest BCUT2D eigenvalue weighted by Crippen LogP contribution is 2.59. The van der Waals surface area contributed by atoms with Gasteiger partial charge in [-0.2, -0.15) is 0 Å². The van der Waals surface area contributed by atoms with Crippen LogP contribution in [-0.4, -0.2) is 0 Å². The van der Waals surface area contributed by atoms with Crippen LogP contribution < -0.4 is 19.6 Å². The van der Waals surface area contributed by atoms with Gasteiger partial charge in [0.1, 0.15) is 0 Å². The molecule has 0 saturated carbocycles. The van der Waals surface area contributed by atoms with E-state index in [4.69, 9.17) is 0 Å². The van der Waals surface area contributed by atoms with E-state index < -0.39 is 0 Å². The van der Waals surface area contributed by atoms with E-state index in [9.17, 15) is 0 Å². The van der Waals surface area contributed by atoms with Crippen molar-refractivity contribution >= 4 is 136 Å². The molecule has 600 valence electrons. The first-order chi connectivity index (χ1) is 61.0. The van der Waals surface area contributed by atoms with Crippen molar-refractivity contribution < 1.29 is 0 Å². The number of anilines is 12. The standard InChI is InChI=1S/C69H60N2.C51H40N2/c1-3-51-25-19-27-53(47-51)23-15-17-45-69(46-18-16-24-54-28-20-26-52(4-2)48-54)65-49-59(70(57-33-7-5-8-34-57)67-39-21-31-55-29-11-13-37-61(55)67)41-43-63(65)64-44-42-60(50-66(64)69)71(58-35-9-6-10-36-58)68-40-22-32-56-30-12-14-38-62(56)68;1-5-35-21-25-39(26-22-35)52(49-19-11-15-37-13-7-9-17-43(37)49)41-29-31-45-46-32-30-42(34-48(46)51(3,4)47(45)33-41)53(40-27-23-36(6-2)24-28-40)50-20-12-16-38-14-8-10-18-44(38)50/h3-14,19-22,25-44,47-50H,1-2,15-18,23-24,45-46H2;5-34H,1-2H2,3-4H3. The van der Waals surface area contributed by atoms with Crippen LogP contribution in [0.1, 0.15) is 108 Å². The predicted molar refractivity (Wildman–Crippen MR) is 534 cm³/mol. The van der Waals surface area contributed by atoms with Crippen LogP contribution in [0.25, 0.3) is 89.6 Å². The Labute approximate surface area is 730 Å². The molecule has 124 heavy (non-hydrogen) atoms. The lowest BCUT2D eigenvalue weighted by Crippen LogP contribution is -2.26. The number of hydrogen-bond acceptors (Lipinski definition) is 4. The van der Waals surface area contributed by atoms with Gasteiger partial charge in [0, 0.05) is 77.9 Å². The molecule has 4 heteroatoms. The van der Waals surface area contributed by atoms with Gasteiger partial charge in [-0.05, 0) is 259 Å². The molecule has 0 saturated heterocycles. The largest absolute Gasteiger partial charge is 0.310 e. The molecule has 0 aliphatic heterocycles. The summed E-state index contributed by atoms with van der Waals surface area (Å²) in [7, 11) is 0. The van der Waals surface area contributed by atoms with Gasteiger partial charge in [0.25, 0.3) is 0 Å². The monoisotopic (exact) mass is 1600 g/mol. The van der Waals surface area contributed by atoms with Crippen molar-refractivity contribution in [2.45, 2.75) is 76.0 Å². The summed E-state index contributed by atoms with van der Waals surface area (Å²) >= 11 is 0. The molecule has 2 aliphatic carbocycles. The second kappa shape index (κ2) is 34.7. The lowest BCUT2D eigenvalue weighted by atomic mass is 9.70. The van der Waals surface area contributed by atoms with Gasteiger partial charge in [-0.25, -0.2) is 0 Å². The Morgan fingerprint density at radius 2 is 0.492 bits per heavy atom. The Kier molecular flexibility index (Phi) is 22.1. The molecule has 0 unspecified atom stereocenters. The Morgan fingerprint density at radius 3 is 0.815 bits per heavy atom. The molecule has 2 aliphatic rings. The molecule has 0 amide bonds. The van der Waals surface area contributed by atoms with E-state index in [0.29, 0.717) is 0 Å². The minimum Gasteiger partial charge on any atom is -0.310 e. The van der Waals surface area contributed by atoms with Crippen molar-refractivity contribution in [2.75, 3.05) is 19.6 Å². The predicted octanol–water partition coefficient (Wildman–Crippen LogP) is 33.8. The second-order valence-electron chi connectivity index (χ2n) is 33.5. The van der Waals surface area contributed by atoms with Crippen LogP contribution >= 0.6 is 0 Å². The van der Waals surface area contributed by atoms with Crippen molar-refractivity contribution in [2.24, 2.45) is 0 Å². The van der Waals surface area contributed by atoms with Gasteiger partial charge < -0.3 is 19.6 Å². The van der Waals surface area contributed by atoms with Crippen LogP contribution in [0.4, 0.5) is 68.2 Å². The molecule has 4 nitrogen and oxygen atoms in total. The molecule has 18 aromatic carbocycles. The number of fused-ring (bicyclic) bond motifs is 10. The average Bonchev–Trinajstić information content (AvgIpc) is 1.56. The lowest BCUT2D eigenvalue weighted by molar-refractivity contribution is 0.407. The van der Waals surface area contributed by atoms with Crippen LogP contribution in [0.5, 0.6) is 0 Å². The third-order valence-electron chi connectivity index (χ3n) is 25.8. The van der Waals surface area contributed by atoms with Gasteiger partial charge in [0.05, 0.1) is 22.7 Å². The lowest BCUT2D eigenvalue weighted by Gasteiger charge is -2.35. The maximum absolute atomic E-state index is 4.07. The zero-order valence-electron chi connectivity index (χ0n) is 70.7. The first-order valence-electron chi connectivity index (χ1n) is 43.7. The molecule has 0 N–H and O–H groups in total. The molecule has 0 spiro atoms. The van der Waals surface area contributed by atoms with Crippen LogP contribution in [0.3, 0.4) is 0 Å². The number of unbranched alkanes of at least 4 members (excludes halogenated alkanes) is 2. The highest BCUT2D eigenvalue weighted by atomic mass is 15.2. The Balaban J connectivity index is 0.000000170. The number of benzene rings is 18. The topological polar surface area (TPSA) is 13.0 Å². The van der Waals surface area contributed by atoms with Gasteiger partial charge >= 0.3 is 0 Å². The summed E-state index contributed by atoms with van der Waals surface area (Å²) < 4.78 is 0. The highest BCUT2D eigenvalue weighted by Gasteiger charge is 2.44. The summed E-state index contributed by atoms with van der Waals surface area (Å²) in [5.41, 5.74) is 31.3. The van der Waals surface area contributed by atoms with Gasteiger partial charge in [-0.15, -0.1) is 0 Å². The van der Waals surface area contributed by atoms with Gasteiger partial charge in [-0.1, -0.05) is 356 Å². The Morgan fingerprint density at radius 1 is 0.226 bits per heavy atom. The molecular weight excluding hydrogens is 1500 g/mol. The number of aryl methyl sites for hydroxylation is 2. The number of nitrogens with zero attached hydrogens (tertiary/aromatic N) is 4. The van der Waals surface area contributed by atoms with Crippen molar-refractivity contribution in [3.05, 3.63) is 482 Å². The molecule has 0 heterocycles. The van der Waals surface area contributed by atoms with Crippen LogP contribution in [0, 0.1) is 0 Å². The first kappa shape index (κ1) is 79.0. The summed E-state index contributed by atoms with van der Waals surface area (Å²) in [5, 5.41) is 9.78. The van der Waals surface area contributed by atoms with E-state index in [-0.39, 0.29) is 10.8 Å².